The minimum Gasteiger partial charge on any atom is -0.484 e. The van der Waals surface area contributed by atoms with Gasteiger partial charge in [0.05, 0.1) is 19.3 Å². The van der Waals surface area contributed by atoms with Crippen LogP contribution in [0.15, 0.2) is 30.3 Å². The third-order valence-electron chi connectivity index (χ3n) is 6.10. The second-order valence-corrected chi connectivity index (χ2v) is 7.96. The normalized spacial score (nSPS) is 23.9. The van der Waals surface area contributed by atoms with Crippen LogP contribution in [0, 0.1) is 5.92 Å². The fraction of sp³-hybridized carbons (Fsp3) is 0.636. The molecule has 0 bridgehead atoms. The Labute approximate surface area is 171 Å². The van der Waals surface area contributed by atoms with E-state index < -0.39 is 0 Å². The topological polar surface area (TPSA) is 68.3 Å². The molecule has 7 nitrogen and oxygen atoms in total. The van der Waals surface area contributed by atoms with Gasteiger partial charge in [-0.15, -0.1) is 0 Å². The highest BCUT2D eigenvalue weighted by atomic mass is 16.7. The summed E-state index contributed by atoms with van der Waals surface area (Å²) < 4.78 is 16.9. The zero-order chi connectivity index (χ0) is 20.1. The first-order valence-electron chi connectivity index (χ1n) is 10.7. The number of rotatable bonds is 5. The van der Waals surface area contributed by atoms with Crippen LogP contribution in [0.2, 0.25) is 0 Å². The number of amides is 2. The average Bonchev–Trinajstić information content (AvgIpc) is 3.33. The van der Waals surface area contributed by atoms with Crippen molar-refractivity contribution in [3.8, 4) is 5.75 Å². The number of benzene rings is 1. The van der Waals surface area contributed by atoms with E-state index in [2.05, 4.69) is 0 Å². The number of carbonyl (C=O) groups is 2. The van der Waals surface area contributed by atoms with Crippen LogP contribution in [0.1, 0.15) is 32.1 Å². The van der Waals surface area contributed by atoms with Crippen LogP contribution in [-0.2, 0) is 19.1 Å². The summed E-state index contributed by atoms with van der Waals surface area (Å²) in [5, 5.41) is 0. The Morgan fingerprint density at radius 1 is 0.966 bits per heavy atom. The number of piperidine rings is 2. The fourth-order valence-electron chi connectivity index (χ4n) is 4.48. The van der Waals surface area contributed by atoms with Crippen molar-refractivity contribution in [1.82, 2.24) is 9.80 Å². The Balaban J connectivity index is 1.27. The molecule has 3 aliphatic heterocycles. The Morgan fingerprint density at radius 3 is 2.41 bits per heavy atom. The van der Waals surface area contributed by atoms with Crippen molar-refractivity contribution < 1.29 is 23.8 Å². The molecule has 29 heavy (non-hydrogen) atoms. The number of para-hydroxylation sites is 1. The molecule has 1 atom stereocenters. The van der Waals surface area contributed by atoms with E-state index in [1.807, 2.05) is 40.1 Å². The molecule has 0 aliphatic carbocycles. The summed E-state index contributed by atoms with van der Waals surface area (Å²) in [5.74, 6) is 0.833. The first-order chi connectivity index (χ1) is 14.2. The molecule has 7 heteroatoms. The molecule has 0 aromatic heterocycles. The van der Waals surface area contributed by atoms with Crippen molar-refractivity contribution in [3.05, 3.63) is 30.3 Å². The minimum absolute atomic E-state index is 0.0247. The number of ether oxygens (including phenoxy) is 3. The summed E-state index contributed by atoms with van der Waals surface area (Å²) >= 11 is 0. The van der Waals surface area contributed by atoms with Crippen molar-refractivity contribution in [2.45, 2.75) is 44.4 Å². The van der Waals surface area contributed by atoms with E-state index in [-0.39, 0.29) is 36.7 Å². The van der Waals surface area contributed by atoms with E-state index in [9.17, 15) is 9.59 Å². The predicted octanol–water partition coefficient (Wildman–Crippen LogP) is 2.06. The Morgan fingerprint density at radius 2 is 1.69 bits per heavy atom. The molecule has 1 unspecified atom stereocenters. The van der Waals surface area contributed by atoms with Gasteiger partial charge in [0, 0.05) is 25.6 Å². The average molecular weight is 402 g/mol. The molecular formula is C22H30N2O5. The SMILES string of the molecule is O=C(COc1ccccc1)N1CCC(C(=O)N2CCCCC2C2OCCO2)CC1. The maximum absolute atomic E-state index is 13.2. The largest absolute Gasteiger partial charge is 0.484 e. The van der Waals surface area contributed by atoms with Crippen molar-refractivity contribution in [2.24, 2.45) is 5.92 Å². The molecule has 4 rings (SSSR count). The van der Waals surface area contributed by atoms with Gasteiger partial charge >= 0.3 is 0 Å². The highest BCUT2D eigenvalue weighted by Crippen LogP contribution is 2.28. The van der Waals surface area contributed by atoms with Gasteiger partial charge in [-0.2, -0.15) is 0 Å². The Bertz CT molecular complexity index is 684. The lowest BCUT2D eigenvalue weighted by atomic mass is 9.92. The van der Waals surface area contributed by atoms with Gasteiger partial charge in [0.1, 0.15) is 5.75 Å². The van der Waals surface area contributed by atoms with Crippen LogP contribution < -0.4 is 4.74 Å². The van der Waals surface area contributed by atoms with Crippen LogP contribution in [0.5, 0.6) is 5.75 Å². The summed E-state index contributed by atoms with van der Waals surface area (Å²) in [6.45, 7) is 3.22. The molecule has 1 aromatic carbocycles. The molecule has 3 aliphatic rings. The lowest BCUT2D eigenvalue weighted by Gasteiger charge is -2.41. The van der Waals surface area contributed by atoms with Crippen LogP contribution >= 0.6 is 0 Å². The second-order valence-electron chi connectivity index (χ2n) is 7.96. The van der Waals surface area contributed by atoms with Gasteiger partial charge in [0.2, 0.25) is 5.91 Å². The third kappa shape index (κ3) is 4.90. The number of hydrogen-bond acceptors (Lipinski definition) is 5. The van der Waals surface area contributed by atoms with Crippen molar-refractivity contribution >= 4 is 11.8 Å². The fourth-order valence-corrected chi connectivity index (χ4v) is 4.48. The van der Waals surface area contributed by atoms with E-state index in [1.165, 1.54) is 0 Å². The quantitative estimate of drug-likeness (QED) is 0.754. The van der Waals surface area contributed by atoms with Gasteiger partial charge in [0.25, 0.3) is 5.91 Å². The van der Waals surface area contributed by atoms with Gasteiger partial charge in [-0.3, -0.25) is 9.59 Å². The predicted molar refractivity (Wildman–Crippen MR) is 106 cm³/mol. The van der Waals surface area contributed by atoms with E-state index >= 15 is 0 Å². The van der Waals surface area contributed by atoms with Crippen molar-refractivity contribution in [2.75, 3.05) is 39.5 Å². The van der Waals surface area contributed by atoms with E-state index in [1.54, 1.807) is 0 Å². The second kappa shape index (κ2) is 9.59. The summed E-state index contributed by atoms with van der Waals surface area (Å²) in [7, 11) is 0. The smallest absolute Gasteiger partial charge is 0.260 e. The summed E-state index contributed by atoms with van der Waals surface area (Å²) in [4.78, 5) is 29.4. The molecule has 3 saturated heterocycles. The Hall–Kier alpha value is -2.12. The van der Waals surface area contributed by atoms with Crippen LogP contribution in [0.3, 0.4) is 0 Å². The Kier molecular flexibility index (Phi) is 6.67. The molecular weight excluding hydrogens is 372 g/mol. The van der Waals surface area contributed by atoms with E-state index in [4.69, 9.17) is 14.2 Å². The molecule has 0 spiro atoms. The summed E-state index contributed by atoms with van der Waals surface area (Å²) in [6, 6.07) is 9.38. The maximum Gasteiger partial charge on any atom is 0.260 e. The molecule has 3 fully saturated rings. The lowest BCUT2D eigenvalue weighted by molar-refractivity contribution is -0.156. The van der Waals surface area contributed by atoms with Crippen molar-refractivity contribution in [3.63, 3.8) is 0 Å². The molecule has 0 saturated carbocycles. The first-order valence-corrected chi connectivity index (χ1v) is 10.7. The number of carbonyl (C=O) groups excluding carboxylic acids is 2. The zero-order valence-electron chi connectivity index (χ0n) is 16.8. The van der Waals surface area contributed by atoms with Crippen molar-refractivity contribution in [1.29, 1.82) is 0 Å². The van der Waals surface area contributed by atoms with E-state index in [0.29, 0.717) is 44.9 Å². The maximum atomic E-state index is 13.2. The monoisotopic (exact) mass is 402 g/mol. The van der Waals surface area contributed by atoms with Crippen LogP contribution in [0.25, 0.3) is 0 Å². The molecule has 0 radical (unpaired) electrons. The highest BCUT2D eigenvalue weighted by molar-refractivity contribution is 5.81. The third-order valence-corrected chi connectivity index (χ3v) is 6.10. The number of hydrogen-bond donors (Lipinski definition) is 0. The molecule has 3 heterocycles. The number of nitrogens with zero attached hydrogens (tertiary/aromatic N) is 2. The minimum atomic E-state index is -0.281. The molecule has 2 amide bonds. The lowest BCUT2D eigenvalue weighted by Crippen LogP contribution is -2.53. The number of likely N-dealkylation sites (tertiary alicyclic amines) is 2. The molecule has 158 valence electrons. The van der Waals surface area contributed by atoms with Gasteiger partial charge < -0.3 is 24.0 Å². The highest BCUT2D eigenvalue weighted by Gasteiger charge is 2.39. The standard InChI is InChI=1S/C22H30N2O5/c25-20(16-29-18-6-2-1-3-7-18)23-12-9-17(10-13-23)21(26)24-11-5-4-8-19(24)22-27-14-15-28-22/h1-3,6-7,17,19,22H,4-5,8-16H2. The van der Waals surface area contributed by atoms with Crippen LogP contribution in [-0.4, -0.2) is 73.4 Å². The van der Waals surface area contributed by atoms with Gasteiger partial charge in [0.15, 0.2) is 12.9 Å². The van der Waals surface area contributed by atoms with E-state index in [0.717, 1.165) is 25.8 Å². The van der Waals surface area contributed by atoms with Gasteiger partial charge in [-0.05, 0) is 44.2 Å². The van der Waals surface area contributed by atoms with Gasteiger partial charge in [-0.1, -0.05) is 18.2 Å². The molecule has 0 N–H and O–H groups in total. The summed E-state index contributed by atoms with van der Waals surface area (Å²) in [5.41, 5.74) is 0. The molecule has 1 aromatic rings. The summed E-state index contributed by atoms with van der Waals surface area (Å²) in [6.07, 6.45) is 4.19. The first kappa shape index (κ1) is 20.2. The van der Waals surface area contributed by atoms with Gasteiger partial charge in [-0.25, -0.2) is 0 Å². The van der Waals surface area contributed by atoms with Crippen LogP contribution in [0.4, 0.5) is 0 Å². The zero-order valence-corrected chi connectivity index (χ0v) is 16.8.